The average molecular weight is 401 g/mol. The number of hydrogen-bond donors (Lipinski definition) is 1. The maximum absolute atomic E-state index is 13.3. The van der Waals surface area contributed by atoms with Gasteiger partial charge in [0.25, 0.3) is 0 Å². The van der Waals surface area contributed by atoms with E-state index in [0.717, 1.165) is 11.5 Å². The van der Waals surface area contributed by atoms with Crippen LogP contribution in [0.2, 0.25) is 0 Å². The molecule has 4 rings (SSSR count). The van der Waals surface area contributed by atoms with Crippen molar-refractivity contribution in [2.45, 2.75) is 12.3 Å². The Hall–Kier alpha value is -3.55. The molecule has 8 heteroatoms. The number of aromatic nitrogens is 1. The molecule has 148 valence electrons. The van der Waals surface area contributed by atoms with Gasteiger partial charge >= 0.3 is 12.1 Å². The standard InChI is InChI=1S/C21H14F3NO4/c1-28-17-10-16-12(9-15(20(26)27)19(29-16)21(22,23)24)8-14(17)13-6-2-4-11-5-3-7-25-18(11)13/h2-10,19H,1H3,(H,26,27). The molecule has 0 bridgehead atoms. The lowest BCUT2D eigenvalue weighted by atomic mass is 9.95. The molecule has 1 aliphatic heterocycles. The Morgan fingerprint density at radius 1 is 1.17 bits per heavy atom. The third kappa shape index (κ3) is 3.26. The molecule has 0 saturated heterocycles. The maximum atomic E-state index is 13.3. The number of pyridine rings is 1. The molecule has 0 radical (unpaired) electrons. The minimum atomic E-state index is -4.87. The first-order valence-electron chi connectivity index (χ1n) is 8.54. The lowest BCUT2D eigenvalue weighted by Gasteiger charge is -2.28. The summed E-state index contributed by atoms with van der Waals surface area (Å²) in [6.45, 7) is 0. The Balaban J connectivity index is 1.94. The molecule has 0 spiro atoms. The summed E-state index contributed by atoms with van der Waals surface area (Å²) in [5.74, 6) is -1.51. The summed E-state index contributed by atoms with van der Waals surface area (Å²) in [4.78, 5) is 15.8. The van der Waals surface area contributed by atoms with E-state index in [-0.39, 0.29) is 17.1 Å². The molecule has 0 fully saturated rings. The van der Waals surface area contributed by atoms with Gasteiger partial charge in [-0.2, -0.15) is 13.2 Å². The van der Waals surface area contributed by atoms with Gasteiger partial charge in [-0.05, 0) is 18.2 Å². The van der Waals surface area contributed by atoms with Crippen LogP contribution in [0.4, 0.5) is 13.2 Å². The van der Waals surface area contributed by atoms with E-state index < -0.39 is 23.8 Å². The second-order valence-electron chi connectivity index (χ2n) is 6.42. The molecule has 29 heavy (non-hydrogen) atoms. The lowest BCUT2D eigenvalue weighted by Crippen LogP contribution is -2.40. The first-order chi connectivity index (χ1) is 13.8. The molecule has 2 aromatic carbocycles. The highest BCUT2D eigenvalue weighted by Gasteiger charge is 2.48. The molecule has 1 atom stereocenters. The van der Waals surface area contributed by atoms with Crippen LogP contribution >= 0.6 is 0 Å². The number of carboxylic acids is 1. The fourth-order valence-electron chi connectivity index (χ4n) is 3.34. The second-order valence-corrected chi connectivity index (χ2v) is 6.42. The van der Waals surface area contributed by atoms with E-state index >= 15 is 0 Å². The number of rotatable bonds is 3. The van der Waals surface area contributed by atoms with Crippen LogP contribution in [-0.4, -0.2) is 35.4 Å². The number of carbonyl (C=O) groups is 1. The molecule has 1 aliphatic rings. The normalized spacial score (nSPS) is 16.0. The van der Waals surface area contributed by atoms with Gasteiger partial charge < -0.3 is 14.6 Å². The van der Waals surface area contributed by atoms with Crippen molar-refractivity contribution < 1.29 is 32.5 Å². The van der Waals surface area contributed by atoms with E-state index in [4.69, 9.17) is 9.47 Å². The highest BCUT2D eigenvalue weighted by atomic mass is 19.4. The highest BCUT2D eigenvalue weighted by Crippen LogP contribution is 2.43. The zero-order valence-corrected chi connectivity index (χ0v) is 15.0. The molecule has 2 heterocycles. The van der Waals surface area contributed by atoms with E-state index in [1.807, 2.05) is 24.3 Å². The minimum Gasteiger partial charge on any atom is -0.496 e. The van der Waals surface area contributed by atoms with Crippen molar-refractivity contribution in [1.82, 2.24) is 4.98 Å². The molecular weight excluding hydrogens is 387 g/mol. The van der Waals surface area contributed by atoms with Gasteiger partial charge in [0.1, 0.15) is 11.5 Å². The number of para-hydroxylation sites is 1. The van der Waals surface area contributed by atoms with E-state index in [0.29, 0.717) is 16.6 Å². The van der Waals surface area contributed by atoms with E-state index in [1.165, 1.54) is 13.2 Å². The smallest absolute Gasteiger partial charge is 0.430 e. The van der Waals surface area contributed by atoms with Gasteiger partial charge in [0, 0.05) is 34.3 Å². The van der Waals surface area contributed by atoms with Gasteiger partial charge in [-0.3, -0.25) is 4.98 Å². The number of fused-ring (bicyclic) bond motifs is 2. The van der Waals surface area contributed by atoms with Crippen LogP contribution in [0.15, 0.2) is 54.2 Å². The van der Waals surface area contributed by atoms with Crippen LogP contribution in [0.3, 0.4) is 0 Å². The molecule has 0 amide bonds. The molecule has 3 aromatic rings. The topological polar surface area (TPSA) is 68.7 Å². The number of methoxy groups -OCH3 is 1. The van der Waals surface area contributed by atoms with Crippen molar-refractivity contribution in [3.05, 3.63) is 59.8 Å². The Bertz CT molecular complexity index is 1150. The van der Waals surface area contributed by atoms with Crippen LogP contribution in [0.5, 0.6) is 11.5 Å². The lowest BCUT2D eigenvalue weighted by molar-refractivity contribution is -0.187. The first kappa shape index (κ1) is 18.8. The number of carboxylic acid groups (broad SMARTS) is 1. The predicted molar refractivity (Wildman–Crippen MR) is 99.8 cm³/mol. The monoisotopic (exact) mass is 401 g/mol. The zero-order chi connectivity index (χ0) is 20.8. The average Bonchev–Trinajstić information content (AvgIpc) is 2.70. The highest BCUT2D eigenvalue weighted by molar-refractivity contribution is 5.98. The summed E-state index contributed by atoms with van der Waals surface area (Å²) in [7, 11) is 1.40. The molecule has 1 N–H and O–H groups in total. The van der Waals surface area contributed by atoms with Crippen molar-refractivity contribution in [2.24, 2.45) is 0 Å². The molecule has 1 unspecified atom stereocenters. The van der Waals surface area contributed by atoms with Crippen molar-refractivity contribution in [1.29, 1.82) is 0 Å². The number of aliphatic carboxylic acids is 1. The number of benzene rings is 2. The summed E-state index contributed by atoms with van der Waals surface area (Å²) in [5.41, 5.74) is 1.28. The third-order valence-electron chi connectivity index (χ3n) is 4.64. The van der Waals surface area contributed by atoms with Crippen LogP contribution < -0.4 is 9.47 Å². The van der Waals surface area contributed by atoms with Crippen molar-refractivity contribution in [2.75, 3.05) is 7.11 Å². The predicted octanol–water partition coefficient (Wildman–Crippen LogP) is 4.70. The fraction of sp³-hybridized carbons (Fsp3) is 0.143. The van der Waals surface area contributed by atoms with Crippen LogP contribution in [0.1, 0.15) is 5.56 Å². The van der Waals surface area contributed by atoms with Gasteiger partial charge in [0.2, 0.25) is 6.10 Å². The molecule has 0 aliphatic carbocycles. The maximum Gasteiger partial charge on any atom is 0.430 e. The van der Waals surface area contributed by atoms with Crippen molar-refractivity contribution in [3.63, 3.8) is 0 Å². The molecule has 1 aromatic heterocycles. The van der Waals surface area contributed by atoms with Crippen LogP contribution in [0.25, 0.3) is 28.1 Å². The molecule has 5 nitrogen and oxygen atoms in total. The van der Waals surface area contributed by atoms with Crippen molar-refractivity contribution >= 4 is 22.9 Å². The minimum absolute atomic E-state index is 0.105. The number of halogens is 3. The van der Waals surface area contributed by atoms with Gasteiger partial charge in [-0.15, -0.1) is 0 Å². The van der Waals surface area contributed by atoms with Gasteiger partial charge in [0.05, 0.1) is 18.2 Å². The molecule has 0 saturated carbocycles. The van der Waals surface area contributed by atoms with E-state index in [9.17, 15) is 23.1 Å². The van der Waals surface area contributed by atoms with E-state index in [1.54, 1.807) is 18.3 Å². The van der Waals surface area contributed by atoms with E-state index in [2.05, 4.69) is 4.98 Å². The fourth-order valence-corrected chi connectivity index (χ4v) is 3.34. The quantitative estimate of drug-likeness (QED) is 0.689. The Morgan fingerprint density at radius 2 is 1.93 bits per heavy atom. The number of hydrogen-bond acceptors (Lipinski definition) is 4. The second kappa shape index (κ2) is 6.80. The molecular formula is C21H14F3NO4. The summed E-state index contributed by atoms with van der Waals surface area (Å²) in [6, 6.07) is 12.1. The van der Waals surface area contributed by atoms with Crippen LogP contribution in [0, 0.1) is 0 Å². The largest absolute Gasteiger partial charge is 0.496 e. The van der Waals surface area contributed by atoms with Crippen molar-refractivity contribution in [3.8, 4) is 22.6 Å². The van der Waals surface area contributed by atoms with Gasteiger partial charge in [0.15, 0.2) is 0 Å². The van der Waals surface area contributed by atoms with Crippen LogP contribution in [-0.2, 0) is 4.79 Å². The summed E-state index contributed by atoms with van der Waals surface area (Å²) < 4.78 is 50.2. The number of nitrogens with zero attached hydrogens (tertiary/aromatic N) is 1. The third-order valence-corrected chi connectivity index (χ3v) is 4.64. The van der Waals surface area contributed by atoms with Gasteiger partial charge in [-0.25, -0.2) is 4.79 Å². The SMILES string of the molecule is COc1cc2c(cc1-c1cccc3cccnc13)C=C(C(=O)O)C(C(F)(F)F)O2. The zero-order valence-electron chi connectivity index (χ0n) is 15.0. The Kier molecular flexibility index (Phi) is 4.41. The Labute approximate surface area is 163 Å². The summed E-state index contributed by atoms with van der Waals surface area (Å²) >= 11 is 0. The number of ether oxygens (including phenoxy) is 2. The summed E-state index contributed by atoms with van der Waals surface area (Å²) in [6.07, 6.45) is -4.80. The van der Waals surface area contributed by atoms with Gasteiger partial charge in [-0.1, -0.05) is 24.3 Å². The first-order valence-corrected chi connectivity index (χ1v) is 8.54. The number of alkyl halides is 3. The Morgan fingerprint density at radius 3 is 2.62 bits per heavy atom. The summed E-state index contributed by atoms with van der Waals surface area (Å²) in [5, 5.41) is 10.1.